The zero-order valence-electron chi connectivity index (χ0n) is 9.09. The Kier molecular flexibility index (Phi) is 2.10. The maximum Gasteiger partial charge on any atom is 0.0733 e. The summed E-state index contributed by atoms with van der Waals surface area (Å²) in [7, 11) is 0. The Morgan fingerprint density at radius 1 is 1.36 bits per heavy atom. The van der Waals surface area contributed by atoms with Gasteiger partial charge in [-0.25, -0.2) is 0 Å². The van der Waals surface area contributed by atoms with Gasteiger partial charge in [-0.2, -0.15) is 0 Å². The van der Waals surface area contributed by atoms with E-state index in [0.29, 0.717) is 23.7 Å². The molecule has 2 heterocycles. The van der Waals surface area contributed by atoms with E-state index in [4.69, 9.17) is 4.74 Å². The van der Waals surface area contributed by atoms with Crippen LogP contribution in [0.2, 0.25) is 0 Å². The van der Waals surface area contributed by atoms with Crippen molar-refractivity contribution in [1.29, 1.82) is 0 Å². The standard InChI is InChI=1S/C12H21NO/c1-12(5-2-6-12)8-13-10-7-9-3-4-11(10)14-9/h9-11,13H,2-8H2,1H3. The molecule has 2 bridgehead atoms. The second-order valence-electron chi connectivity index (χ2n) is 5.76. The molecular formula is C12H21NO. The Labute approximate surface area is 86.4 Å². The summed E-state index contributed by atoms with van der Waals surface area (Å²) in [6, 6.07) is 0.672. The molecule has 3 rings (SSSR count). The number of fused-ring (bicyclic) bond motifs is 2. The number of rotatable bonds is 3. The van der Waals surface area contributed by atoms with Gasteiger partial charge in [-0.15, -0.1) is 0 Å². The molecule has 2 aliphatic heterocycles. The molecule has 0 aromatic carbocycles. The Morgan fingerprint density at radius 2 is 2.21 bits per heavy atom. The van der Waals surface area contributed by atoms with Crippen molar-refractivity contribution >= 4 is 0 Å². The fraction of sp³-hybridized carbons (Fsp3) is 1.00. The van der Waals surface area contributed by atoms with Gasteiger partial charge in [-0.05, 0) is 37.5 Å². The first-order chi connectivity index (χ1) is 6.75. The number of ether oxygens (including phenoxy) is 1. The molecule has 0 aromatic heterocycles. The van der Waals surface area contributed by atoms with E-state index in [0.717, 1.165) is 0 Å². The zero-order chi connectivity index (χ0) is 9.60. The average molecular weight is 195 g/mol. The average Bonchev–Trinajstić information content (AvgIpc) is 2.72. The molecule has 1 saturated carbocycles. The first-order valence-electron chi connectivity index (χ1n) is 6.14. The number of nitrogens with one attached hydrogen (secondary N) is 1. The van der Waals surface area contributed by atoms with Gasteiger partial charge in [0.05, 0.1) is 12.2 Å². The van der Waals surface area contributed by atoms with E-state index in [1.165, 1.54) is 45.1 Å². The van der Waals surface area contributed by atoms with E-state index < -0.39 is 0 Å². The summed E-state index contributed by atoms with van der Waals surface area (Å²) in [6.07, 6.45) is 9.27. The lowest BCUT2D eigenvalue weighted by atomic mass is 9.70. The maximum absolute atomic E-state index is 5.84. The highest BCUT2D eigenvalue weighted by Gasteiger charge is 2.41. The predicted molar refractivity (Wildman–Crippen MR) is 56.3 cm³/mol. The van der Waals surface area contributed by atoms with Gasteiger partial charge in [-0.3, -0.25) is 0 Å². The molecule has 0 radical (unpaired) electrons. The number of hydrogen-bond donors (Lipinski definition) is 1. The van der Waals surface area contributed by atoms with Gasteiger partial charge in [-0.1, -0.05) is 13.3 Å². The lowest BCUT2D eigenvalue weighted by Crippen LogP contribution is -2.45. The molecule has 1 aliphatic carbocycles. The highest BCUT2D eigenvalue weighted by molar-refractivity contribution is 4.96. The molecule has 2 saturated heterocycles. The van der Waals surface area contributed by atoms with Crippen LogP contribution >= 0.6 is 0 Å². The van der Waals surface area contributed by atoms with Crippen molar-refractivity contribution < 1.29 is 4.74 Å². The van der Waals surface area contributed by atoms with E-state index in [1.54, 1.807) is 0 Å². The van der Waals surface area contributed by atoms with Crippen LogP contribution in [0.25, 0.3) is 0 Å². The molecule has 3 fully saturated rings. The SMILES string of the molecule is CC1(CNC2CC3CCC2O3)CCC1. The lowest BCUT2D eigenvalue weighted by molar-refractivity contribution is 0.0914. The van der Waals surface area contributed by atoms with Crippen LogP contribution in [0, 0.1) is 5.41 Å². The largest absolute Gasteiger partial charge is 0.373 e. The van der Waals surface area contributed by atoms with Crippen LogP contribution in [0.1, 0.15) is 45.4 Å². The number of hydrogen-bond acceptors (Lipinski definition) is 2. The van der Waals surface area contributed by atoms with Crippen molar-refractivity contribution in [3.63, 3.8) is 0 Å². The van der Waals surface area contributed by atoms with Gasteiger partial charge in [0.15, 0.2) is 0 Å². The van der Waals surface area contributed by atoms with Crippen LogP contribution in [0.15, 0.2) is 0 Å². The van der Waals surface area contributed by atoms with Crippen molar-refractivity contribution in [1.82, 2.24) is 5.32 Å². The molecule has 80 valence electrons. The summed E-state index contributed by atoms with van der Waals surface area (Å²) in [5, 5.41) is 3.73. The molecule has 2 nitrogen and oxygen atoms in total. The van der Waals surface area contributed by atoms with Gasteiger partial charge < -0.3 is 10.1 Å². The third-order valence-electron chi connectivity index (χ3n) is 4.46. The van der Waals surface area contributed by atoms with E-state index in [-0.39, 0.29) is 0 Å². The van der Waals surface area contributed by atoms with E-state index >= 15 is 0 Å². The molecule has 0 aromatic rings. The Balaban J connectivity index is 1.49. The molecule has 1 N–H and O–H groups in total. The summed E-state index contributed by atoms with van der Waals surface area (Å²) in [5.74, 6) is 0. The normalized spacial score (nSPS) is 43.9. The zero-order valence-corrected chi connectivity index (χ0v) is 9.09. The first kappa shape index (κ1) is 9.17. The van der Waals surface area contributed by atoms with Gasteiger partial charge >= 0.3 is 0 Å². The van der Waals surface area contributed by atoms with Gasteiger partial charge in [0.25, 0.3) is 0 Å². The van der Waals surface area contributed by atoms with E-state index in [9.17, 15) is 0 Å². The van der Waals surface area contributed by atoms with Crippen LogP contribution in [0.4, 0.5) is 0 Å². The molecule has 3 unspecified atom stereocenters. The van der Waals surface area contributed by atoms with Crippen LogP contribution < -0.4 is 5.32 Å². The van der Waals surface area contributed by atoms with Crippen LogP contribution in [0.5, 0.6) is 0 Å². The molecular weight excluding hydrogens is 174 g/mol. The third-order valence-corrected chi connectivity index (χ3v) is 4.46. The van der Waals surface area contributed by atoms with Crippen LogP contribution in [-0.2, 0) is 4.74 Å². The Bertz CT molecular complexity index is 224. The summed E-state index contributed by atoms with van der Waals surface area (Å²) < 4.78 is 5.84. The predicted octanol–water partition coefficient (Wildman–Crippen LogP) is 2.09. The Hall–Kier alpha value is -0.0800. The smallest absolute Gasteiger partial charge is 0.0733 e. The highest BCUT2D eigenvalue weighted by atomic mass is 16.5. The van der Waals surface area contributed by atoms with Crippen LogP contribution in [-0.4, -0.2) is 24.8 Å². The molecule has 2 heteroatoms. The van der Waals surface area contributed by atoms with Crippen molar-refractivity contribution in [3.8, 4) is 0 Å². The van der Waals surface area contributed by atoms with Crippen molar-refractivity contribution in [2.45, 2.75) is 63.7 Å². The topological polar surface area (TPSA) is 21.3 Å². The van der Waals surface area contributed by atoms with E-state index in [1.807, 2.05) is 0 Å². The Morgan fingerprint density at radius 3 is 2.71 bits per heavy atom. The van der Waals surface area contributed by atoms with E-state index in [2.05, 4.69) is 12.2 Å². The summed E-state index contributed by atoms with van der Waals surface area (Å²) >= 11 is 0. The van der Waals surface area contributed by atoms with Gasteiger partial charge in [0, 0.05) is 12.6 Å². The summed E-state index contributed by atoms with van der Waals surface area (Å²) in [5.41, 5.74) is 0.613. The molecule has 3 aliphatic rings. The fourth-order valence-electron chi connectivity index (χ4n) is 3.19. The van der Waals surface area contributed by atoms with Crippen molar-refractivity contribution in [3.05, 3.63) is 0 Å². The van der Waals surface area contributed by atoms with Crippen LogP contribution in [0.3, 0.4) is 0 Å². The highest BCUT2D eigenvalue weighted by Crippen LogP contribution is 2.40. The molecule has 14 heavy (non-hydrogen) atoms. The van der Waals surface area contributed by atoms with Gasteiger partial charge in [0.2, 0.25) is 0 Å². The van der Waals surface area contributed by atoms with Crippen molar-refractivity contribution in [2.24, 2.45) is 5.41 Å². The molecule has 3 atom stereocenters. The van der Waals surface area contributed by atoms with Crippen molar-refractivity contribution in [2.75, 3.05) is 6.54 Å². The maximum atomic E-state index is 5.84. The minimum absolute atomic E-state index is 0.545. The first-order valence-corrected chi connectivity index (χ1v) is 6.14. The third kappa shape index (κ3) is 1.49. The summed E-state index contributed by atoms with van der Waals surface area (Å²) in [4.78, 5) is 0. The summed E-state index contributed by atoms with van der Waals surface area (Å²) in [6.45, 7) is 3.63. The minimum Gasteiger partial charge on any atom is -0.373 e. The quantitative estimate of drug-likeness (QED) is 0.744. The molecule has 0 spiro atoms. The lowest BCUT2D eigenvalue weighted by Gasteiger charge is -2.40. The fourth-order valence-corrected chi connectivity index (χ4v) is 3.19. The monoisotopic (exact) mass is 195 g/mol. The second kappa shape index (κ2) is 3.21. The second-order valence-corrected chi connectivity index (χ2v) is 5.76. The van der Waals surface area contributed by atoms with Gasteiger partial charge in [0.1, 0.15) is 0 Å². The minimum atomic E-state index is 0.545. The molecule has 0 amide bonds.